The first-order valence-corrected chi connectivity index (χ1v) is 2.21. The number of nitrogens with one attached hydrogen (secondary N) is 1. The summed E-state index contributed by atoms with van der Waals surface area (Å²) in [5.74, 6) is 0. The van der Waals surface area contributed by atoms with Gasteiger partial charge in [-0.3, -0.25) is 0 Å². The zero-order valence-electron chi connectivity index (χ0n) is 3.33. The van der Waals surface area contributed by atoms with E-state index in [1.807, 2.05) is 0 Å². The molecule has 2 heteroatoms. The predicted molar refractivity (Wildman–Crippen MR) is 29.3 cm³/mol. The van der Waals surface area contributed by atoms with Crippen LogP contribution in [0.2, 0.25) is 0 Å². The second-order valence-electron chi connectivity index (χ2n) is 1.46. The van der Waals surface area contributed by atoms with Gasteiger partial charge in [0.2, 0.25) is 0 Å². The second-order valence-corrected chi connectivity index (χ2v) is 1.46. The average molecular weight is 111 g/mol. The zero-order chi connectivity index (χ0) is 3.54. The van der Waals surface area contributed by atoms with Crippen molar-refractivity contribution in [3.8, 4) is 0 Å². The summed E-state index contributed by atoms with van der Waals surface area (Å²) in [6, 6.07) is 0. The molecule has 1 fully saturated rings. The molecular weight excluding hydrogens is 101 g/mol. The van der Waals surface area contributed by atoms with Crippen molar-refractivity contribution >= 4 is 51.4 Å². The van der Waals surface area contributed by atoms with Gasteiger partial charge in [0.05, 0.1) is 0 Å². The number of hydrogen-bond acceptors (Lipinski definition) is 1. The molecule has 0 unspecified atom stereocenters. The fourth-order valence-corrected chi connectivity index (χ4v) is 0.625. The van der Waals surface area contributed by atoms with E-state index in [0.717, 1.165) is 0 Å². The van der Waals surface area contributed by atoms with Crippen LogP contribution < -0.4 is 5.32 Å². The van der Waals surface area contributed by atoms with Crippen LogP contribution in [0, 0.1) is 0 Å². The zero-order valence-corrected chi connectivity index (χ0v) is 3.33. The SMILES string of the molecule is C1CCNC1.[KH]. The molecule has 0 atom stereocenters. The van der Waals surface area contributed by atoms with Crippen LogP contribution in [-0.2, 0) is 0 Å². The molecule has 0 aromatic carbocycles. The van der Waals surface area contributed by atoms with Gasteiger partial charge in [0.15, 0.2) is 0 Å². The molecule has 0 radical (unpaired) electrons. The van der Waals surface area contributed by atoms with Crippen LogP contribution in [0.15, 0.2) is 0 Å². The molecular formula is C4H10KN. The first-order valence-electron chi connectivity index (χ1n) is 2.21. The van der Waals surface area contributed by atoms with E-state index < -0.39 is 0 Å². The maximum atomic E-state index is 3.22. The molecule has 1 heterocycles. The van der Waals surface area contributed by atoms with E-state index in [-0.39, 0.29) is 51.4 Å². The molecule has 0 aromatic heterocycles. The van der Waals surface area contributed by atoms with Crippen LogP contribution in [0.3, 0.4) is 0 Å². The third-order valence-corrected chi connectivity index (χ3v) is 0.957. The minimum absolute atomic E-state index is 0. The minimum atomic E-state index is 0. The number of rotatable bonds is 0. The van der Waals surface area contributed by atoms with Gasteiger partial charge in [-0.2, -0.15) is 0 Å². The van der Waals surface area contributed by atoms with Gasteiger partial charge < -0.3 is 5.32 Å². The molecule has 1 saturated heterocycles. The van der Waals surface area contributed by atoms with Crippen molar-refractivity contribution in [1.82, 2.24) is 5.32 Å². The molecule has 0 bridgehead atoms. The molecule has 32 valence electrons. The van der Waals surface area contributed by atoms with Crippen LogP contribution in [0.4, 0.5) is 0 Å². The predicted octanol–water partition coefficient (Wildman–Crippen LogP) is -0.279. The van der Waals surface area contributed by atoms with Gasteiger partial charge in [-0.1, -0.05) is 0 Å². The fourth-order valence-electron chi connectivity index (χ4n) is 0.625. The van der Waals surface area contributed by atoms with Crippen LogP contribution in [0.25, 0.3) is 0 Å². The standard InChI is InChI=1S/C4H9N.K.H/c1-2-4-5-3-1;;/h5H,1-4H2;;. The van der Waals surface area contributed by atoms with Crippen molar-refractivity contribution in [1.29, 1.82) is 0 Å². The van der Waals surface area contributed by atoms with Gasteiger partial charge in [-0.25, -0.2) is 0 Å². The molecule has 0 aromatic rings. The van der Waals surface area contributed by atoms with Crippen molar-refractivity contribution in [2.75, 3.05) is 13.1 Å². The third-order valence-electron chi connectivity index (χ3n) is 0.957. The van der Waals surface area contributed by atoms with Crippen LogP contribution in [-0.4, -0.2) is 64.5 Å². The van der Waals surface area contributed by atoms with Crippen molar-refractivity contribution in [3.05, 3.63) is 0 Å². The van der Waals surface area contributed by atoms with Crippen molar-refractivity contribution in [3.63, 3.8) is 0 Å². The second kappa shape index (κ2) is 4.75. The van der Waals surface area contributed by atoms with E-state index in [9.17, 15) is 0 Å². The van der Waals surface area contributed by atoms with Crippen LogP contribution >= 0.6 is 0 Å². The van der Waals surface area contributed by atoms with Gasteiger partial charge >= 0.3 is 51.4 Å². The summed E-state index contributed by atoms with van der Waals surface area (Å²) < 4.78 is 0. The first kappa shape index (κ1) is 7.60. The Morgan fingerprint density at radius 1 is 1.00 bits per heavy atom. The molecule has 1 aliphatic rings. The summed E-state index contributed by atoms with van der Waals surface area (Å²) in [7, 11) is 0. The van der Waals surface area contributed by atoms with Gasteiger partial charge in [0.1, 0.15) is 0 Å². The van der Waals surface area contributed by atoms with Gasteiger partial charge in [-0.15, -0.1) is 0 Å². The van der Waals surface area contributed by atoms with E-state index in [1.54, 1.807) is 0 Å². The molecule has 1 rings (SSSR count). The Labute approximate surface area is 81.3 Å². The van der Waals surface area contributed by atoms with E-state index in [0.29, 0.717) is 0 Å². The monoisotopic (exact) mass is 111 g/mol. The van der Waals surface area contributed by atoms with Crippen LogP contribution in [0.1, 0.15) is 12.8 Å². The van der Waals surface area contributed by atoms with E-state index in [2.05, 4.69) is 5.32 Å². The summed E-state index contributed by atoms with van der Waals surface area (Å²) in [5, 5.41) is 3.22. The van der Waals surface area contributed by atoms with E-state index in [1.165, 1.54) is 25.9 Å². The van der Waals surface area contributed by atoms with Gasteiger partial charge in [0, 0.05) is 0 Å². The Kier molecular flexibility index (Phi) is 6.01. The normalized spacial score (nSPS) is 20.0. The number of hydrogen-bond donors (Lipinski definition) is 1. The van der Waals surface area contributed by atoms with E-state index >= 15 is 0 Å². The summed E-state index contributed by atoms with van der Waals surface area (Å²) in [6.45, 7) is 2.50. The molecule has 1 nitrogen and oxygen atoms in total. The quantitative estimate of drug-likeness (QED) is 0.424. The molecule has 0 saturated carbocycles. The fraction of sp³-hybridized carbons (Fsp3) is 1.00. The van der Waals surface area contributed by atoms with Crippen molar-refractivity contribution in [2.45, 2.75) is 12.8 Å². The summed E-state index contributed by atoms with van der Waals surface area (Å²) in [6.07, 6.45) is 2.78. The van der Waals surface area contributed by atoms with E-state index in [4.69, 9.17) is 0 Å². The molecule has 0 aliphatic carbocycles. The molecule has 0 amide bonds. The molecule has 1 N–H and O–H groups in total. The topological polar surface area (TPSA) is 12.0 Å². The Hall–Kier alpha value is 1.60. The summed E-state index contributed by atoms with van der Waals surface area (Å²) in [4.78, 5) is 0. The Morgan fingerprint density at radius 3 is 1.67 bits per heavy atom. The molecule has 1 aliphatic heterocycles. The van der Waals surface area contributed by atoms with Crippen molar-refractivity contribution < 1.29 is 0 Å². The third kappa shape index (κ3) is 2.72. The van der Waals surface area contributed by atoms with Crippen molar-refractivity contribution in [2.24, 2.45) is 0 Å². The molecule has 6 heavy (non-hydrogen) atoms. The Balaban J connectivity index is 0.000000250. The van der Waals surface area contributed by atoms with Gasteiger partial charge in [-0.05, 0) is 25.9 Å². The molecule has 0 spiro atoms. The maximum absolute atomic E-state index is 3.22. The van der Waals surface area contributed by atoms with Gasteiger partial charge in [0.25, 0.3) is 0 Å². The Bertz CT molecular complexity index is 19.1. The Morgan fingerprint density at radius 2 is 1.50 bits per heavy atom. The first-order chi connectivity index (χ1) is 2.50. The summed E-state index contributed by atoms with van der Waals surface area (Å²) >= 11 is 0. The van der Waals surface area contributed by atoms with Crippen LogP contribution in [0.5, 0.6) is 0 Å². The average Bonchev–Trinajstić information content (AvgIpc) is 1.76. The summed E-state index contributed by atoms with van der Waals surface area (Å²) in [5.41, 5.74) is 0.